The Morgan fingerprint density at radius 3 is 2.73 bits per heavy atom. The number of ether oxygens (including phenoxy) is 1. The van der Waals surface area contributed by atoms with Gasteiger partial charge in [-0.25, -0.2) is 0 Å². The van der Waals surface area contributed by atoms with Crippen molar-refractivity contribution in [1.29, 1.82) is 0 Å². The Hall–Kier alpha value is -0.0800. The Morgan fingerprint density at radius 1 is 1.55 bits per heavy atom. The molecule has 2 nitrogen and oxygen atoms in total. The van der Waals surface area contributed by atoms with Gasteiger partial charge in [-0.05, 0) is 24.2 Å². The lowest BCUT2D eigenvalue weighted by molar-refractivity contribution is 0.119. The third kappa shape index (κ3) is 2.80. The van der Waals surface area contributed by atoms with Gasteiger partial charge in [-0.2, -0.15) is 0 Å². The van der Waals surface area contributed by atoms with E-state index in [4.69, 9.17) is 9.84 Å². The van der Waals surface area contributed by atoms with Crippen LogP contribution in [0, 0.1) is 11.3 Å². The van der Waals surface area contributed by atoms with Crippen LogP contribution in [0.25, 0.3) is 0 Å². The highest BCUT2D eigenvalue weighted by molar-refractivity contribution is 4.74. The summed E-state index contributed by atoms with van der Waals surface area (Å²) in [6.07, 6.45) is 2.26. The molecule has 1 fully saturated rings. The lowest BCUT2D eigenvalue weighted by atomic mass is 9.83. The summed E-state index contributed by atoms with van der Waals surface area (Å²) in [4.78, 5) is 0. The summed E-state index contributed by atoms with van der Waals surface area (Å²) in [5.74, 6) is 0.678. The maximum absolute atomic E-state index is 9.01. The van der Waals surface area contributed by atoms with Gasteiger partial charge in [0, 0.05) is 19.8 Å². The number of hydrogen-bond donors (Lipinski definition) is 1. The Balaban J connectivity index is 2.28. The lowest BCUT2D eigenvalue weighted by Gasteiger charge is -2.24. The highest BCUT2D eigenvalue weighted by atomic mass is 16.5. The fraction of sp³-hybridized carbons (Fsp3) is 1.00. The molecule has 1 heterocycles. The van der Waals surface area contributed by atoms with Crippen LogP contribution < -0.4 is 0 Å². The van der Waals surface area contributed by atoms with Gasteiger partial charge in [-0.1, -0.05) is 13.8 Å². The van der Waals surface area contributed by atoms with Crippen molar-refractivity contribution in [2.24, 2.45) is 11.3 Å². The number of rotatable bonds is 3. The smallest absolute Gasteiger partial charge is 0.0495 e. The monoisotopic (exact) mass is 158 g/mol. The van der Waals surface area contributed by atoms with Crippen LogP contribution in [0.3, 0.4) is 0 Å². The van der Waals surface area contributed by atoms with Crippen LogP contribution in [0.1, 0.15) is 26.7 Å². The van der Waals surface area contributed by atoms with Crippen molar-refractivity contribution in [3.8, 4) is 0 Å². The summed E-state index contributed by atoms with van der Waals surface area (Å²) < 4.78 is 5.27. The minimum absolute atomic E-state index is 0.0817. The molecule has 11 heavy (non-hydrogen) atoms. The normalized spacial score (nSPS) is 25.9. The van der Waals surface area contributed by atoms with Crippen molar-refractivity contribution in [3.63, 3.8) is 0 Å². The molecule has 1 aliphatic heterocycles. The average molecular weight is 158 g/mol. The van der Waals surface area contributed by atoms with Gasteiger partial charge < -0.3 is 9.84 Å². The van der Waals surface area contributed by atoms with Crippen LogP contribution in [-0.4, -0.2) is 24.9 Å². The maximum Gasteiger partial charge on any atom is 0.0495 e. The van der Waals surface area contributed by atoms with Crippen LogP contribution in [-0.2, 0) is 4.74 Å². The van der Waals surface area contributed by atoms with Gasteiger partial charge in [-0.3, -0.25) is 0 Å². The summed E-state index contributed by atoms with van der Waals surface area (Å²) in [7, 11) is 0. The van der Waals surface area contributed by atoms with E-state index in [0.29, 0.717) is 5.92 Å². The van der Waals surface area contributed by atoms with E-state index in [0.717, 1.165) is 19.6 Å². The second-order valence-corrected chi connectivity index (χ2v) is 4.26. The zero-order chi connectivity index (χ0) is 8.32. The van der Waals surface area contributed by atoms with Crippen molar-refractivity contribution < 1.29 is 9.84 Å². The predicted octanol–water partition coefficient (Wildman–Crippen LogP) is 1.43. The van der Waals surface area contributed by atoms with E-state index in [1.807, 2.05) is 0 Å². The summed E-state index contributed by atoms with van der Waals surface area (Å²) >= 11 is 0. The minimum atomic E-state index is 0.0817. The molecule has 0 bridgehead atoms. The molecule has 1 saturated heterocycles. The topological polar surface area (TPSA) is 29.5 Å². The fourth-order valence-corrected chi connectivity index (χ4v) is 1.59. The van der Waals surface area contributed by atoms with Gasteiger partial charge in [0.1, 0.15) is 0 Å². The highest BCUT2D eigenvalue weighted by Gasteiger charge is 2.25. The SMILES string of the molecule is CC(C)(CO)CC1CCOC1. The molecule has 0 aromatic carbocycles. The first-order chi connectivity index (χ1) is 5.14. The molecule has 1 N–H and O–H groups in total. The zero-order valence-electron chi connectivity index (χ0n) is 7.47. The molecule has 1 rings (SSSR count). The first-order valence-corrected chi connectivity index (χ1v) is 4.33. The van der Waals surface area contributed by atoms with Gasteiger partial charge in [0.25, 0.3) is 0 Å². The van der Waals surface area contributed by atoms with Crippen LogP contribution in [0.15, 0.2) is 0 Å². The highest BCUT2D eigenvalue weighted by Crippen LogP contribution is 2.29. The number of aliphatic hydroxyl groups excluding tert-OH is 1. The molecular formula is C9H18O2. The molecule has 0 aliphatic carbocycles. The summed E-state index contributed by atoms with van der Waals surface area (Å²) in [6.45, 7) is 6.29. The second kappa shape index (κ2) is 3.55. The van der Waals surface area contributed by atoms with E-state index >= 15 is 0 Å². The van der Waals surface area contributed by atoms with Gasteiger partial charge in [0.05, 0.1) is 0 Å². The standard InChI is InChI=1S/C9H18O2/c1-9(2,7-10)5-8-3-4-11-6-8/h8,10H,3-7H2,1-2H3. The van der Waals surface area contributed by atoms with Gasteiger partial charge in [0.2, 0.25) is 0 Å². The average Bonchev–Trinajstić information content (AvgIpc) is 2.39. The first kappa shape index (κ1) is 9.01. The van der Waals surface area contributed by atoms with Crippen molar-refractivity contribution >= 4 is 0 Å². The maximum atomic E-state index is 9.01. The number of hydrogen-bond acceptors (Lipinski definition) is 2. The van der Waals surface area contributed by atoms with Crippen LogP contribution >= 0.6 is 0 Å². The van der Waals surface area contributed by atoms with E-state index < -0.39 is 0 Å². The Labute approximate surface area is 68.6 Å². The van der Waals surface area contributed by atoms with Crippen LogP contribution in [0.2, 0.25) is 0 Å². The van der Waals surface area contributed by atoms with E-state index in [2.05, 4.69) is 13.8 Å². The molecule has 1 aliphatic rings. The lowest BCUT2D eigenvalue weighted by Crippen LogP contribution is -2.21. The van der Waals surface area contributed by atoms with E-state index in [-0.39, 0.29) is 12.0 Å². The molecule has 0 aromatic heterocycles. The van der Waals surface area contributed by atoms with Crippen molar-refractivity contribution in [2.75, 3.05) is 19.8 Å². The summed E-state index contributed by atoms with van der Waals surface area (Å²) in [6, 6.07) is 0. The van der Waals surface area contributed by atoms with E-state index in [9.17, 15) is 0 Å². The first-order valence-electron chi connectivity index (χ1n) is 4.33. The molecule has 1 unspecified atom stereocenters. The van der Waals surface area contributed by atoms with Crippen LogP contribution in [0.4, 0.5) is 0 Å². The summed E-state index contributed by atoms with van der Waals surface area (Å²) in [5.41, 5.74) is 0.0817. The predicted molar refractivity (Wildman–Crippen MR) is 44.4 cm³/mol. The van der Waals surface area contributed by atoms with Gasteiger partial charge in [0.15, 0.2) is 0 Å². The third-order valence-electron chi connectivity index (χ3n) is 2.29. The summed E-state index contributed by atoms with van der Waals surface area (Å²) in [5, 5.41) is 9.01. The fourth-order valence-electron chi connectivity index (χ4n) is 1.59. The Kier molecular flexibility index (Phi) is 2.90. The third-order valence-corrected chi connectivity index (χ3v) is 2.29. The molecule has 1 atom stereocenters. The molecule has 0 spiro atoms. The van der Waals surface area contributed by atoms with Crippen LogP contribution in [0.5, 0.6) is 0 Å². The molecular weight excluding hydrogens is 140 g/mol. The van der Waals surface area contributed by atoms with E-state index in [1.54, 1.807) is 0 Å². The van der Waals surface area contributed by atoms with Gasteiger partial charge in [-0.15, -0.1) is 0 Å². The van der Waals surface area contributed by atoms with E-state index in [1.165, 1.54) is 6.42 Å². The Bertz CT molecular complexity index is 115. The number of aliphatic hydroxyl groups is 1. The molecule has 66 valence electrons. The molecule has 2 heteroatoms. The van der Waals surface area contributed by atoms with Gasteiger partial charge >= 0.3 is 0 Å². The largest absolute Gasteiger partial charge is 0.396 e. The quantitative estimate of drug-likeness (QED) is 0.673. The van der Waals surface area contributed by atoms with Crippen molar-refractivity contribution in [3.05, 3.63) is 0 Å². The molecule has 0 radical (unpaired) electrons. The van der Waals surface area contributed by atoms with Crippen molar-refractivity contribution in [2.45, 2.75) is 26.7 Å². The molecule has 0 saturated carbocycles. The van der Waals surface area contributed by atoms with Crippen molar-refractivity contribution in [1.82, 2.24) is 0 Å². The molecule has 0 amide bonds. The molecule has 0 aromatic rings. The second-order valence-electron chi connectivity index (χ2n) is 4.26. The minimum Gasteiger partial charge on any atom is -0.396 e. The Morgan fingerprint density at radius 2 is 2.27 bits per heavy atom. The zero-order valence-corrected chi connectivity index (χ0v) is 7.47.